The standard InChI is InChI=1S/C20H37BrO/c1-2-3-4-5-6-7-8-9-13-16-20(22)19(21)17-18-14-11-10-12-15-18/h17-18,20,22H,2-16H2,1H3/b19-17-. The summed E-state index contributed by atoms with van der Waals surface area (Å²) in [6.07, 6.45) is 21.7. The second kappa shape index (κ2) is 13.6. The number of aliphatic hydroxyl groups excluding tert-OH is 1. The van der Waals surface area contributed by atoms with Gasteiger partial charge in [-0.1, -0.05) is 106 Å². The van der Waals surface area contributed by atoms with E-state index in [2.05, 4.69) is 28.9 Å². The first kappa shape index (κ1) is 20.2. The molecule has 1 nitrogen and oxygen atoms in total. The minimum absolute atomic E-state index is 0.272. The molecule has 0 spiro atoms. The lowest BCUT2D eigenvalue weighted by atomic mass is 9.88. The molecule has 1 fully saturated rings. The summed E-state index contributed by atoms with van der Waals surface area (Å²) in [6.45, 7) is 2.27. The van der Waals surface area contributed by atoms with E-state index in [1.165, 1.54) is 83.5 Å². The summed E-state index contributed by atoms with van der Waals surface area (Å²) in [6, 6.07) is 0. The molecule has 130 valence electrons. The van der Waals surface area contributed by atoms with E-state index in [0.29, 0.717) is 5.92 Å². The first-order valence-electron chi connectivity index (χ1n) is 9.79. The van der Waals surface area contributed by atoms with E-state index in [1.807, 2.05) is 0 Å². The number of hydrogen-bond acceptors (Lipinski definition) is 1. The van der Waals surface area contributed by atoms with Crippen molar-refractivity contribution >= 4 is 15.9 Å². The van der Waals surface area contributed by atoms with Crippen LogP contribution in [-0.2, 0) is 0 Å². The molecule has 1 N–H and O–H groups in total. The molecule has 0 aliphatic heterocycles. The van der Waals surface area contributed by atoms with Crippen molar-refractivity contribution in [2.45, 2.75) is 109 Å². The van der Waals surface area contributed by atoms with Gasteiger partial charge in [0.25, 0.3) is 0 Å². The van der Waals surface area contributed by atoms with Gasteiger partial charge in [0.15, 0.2) is 0 Å². The van der Waals surface area contributed by atoms with Gasteiger partial charge in [-0.05, 0) is 25.2 Å². The van der Waals surface area contributed by atoms with Crippen LogP contribution in [0.15, 0.2) is 10.6 Å². The van der Waals surface area contributed by atoms with Crippen molar-refractivity contribution in [3.05, 3.63) is 10.6 Å². The summed E-state index contributed by atoms with van der Waals surface area (Å²) >= 11 is 3.61. The van der Waals surface area contributed by atoms with Crippen LogP contribution in [-0.4, -0.2) is 11.2 Å². The molecule has 1 saturated carbocycles. The van der Waals surface area contributed by atoms with Crippen molar-refractivity contribution in [1.82, 2.24) is 0 Å². The first-order valence-corrected chi connectivity index (χ1v) is 10.6. The van der Waals surface area contributed by atoms with Crippen LogP contribution in [0, 0.1) is 5.92 Å². The zero-order valence-corrected chi connectivity index (χ0v) is 16.2. The molecule has 1 atom stereocenters. The molecule has 0 bridgehead atoms. The van der Waals surface area contributed by atoms with Crippen molar-refractivity contribution in [2.24, 2.45) is 5.92 Å². The fourth-order valence-corrected chi connectivity index (χ4v) is 4.03. The molecular weight excluding hydrogens is 336 g/mol. The third-order valence-corrected chi connectivity index (χ3v) is 5.74. The highest BCUT2D eigenvalue weighted by Crippen LogP contribution is 2.28. The van der Waals surface area contributed by atoms with Crippen molar-refractivity contribution in [3.63, 3.8) is 0 Å². The monoisotopic (exact) mass is 372 g/mol. The van der Waals surface area contributed by atoms with E-state index in [4.69, 9.17) is 0 Å². The maximum atomic E-state index is 10.2. The van der Waals surface area contributed by atoms with Gasteiger partial charge >= 0.3 is 0 Å². The van der Waals surface area contributed by atoms with Gasteiger partial charge < -0.3 is 5.11 Å². The van der Waals surface area contributed by atoms with Crippen molar-refractivity contribution in [2.75, 3.05) is 0 Å². The lowest BCUT2D eigenvalue weighted by molar-refractivity contribution is 0.204. The Hall–Kier alpha value is 0.180. The lowest BCUT2D eigenvalue weighted by Crippen LogP contribution is -2.10. The van der Waals surface area contributed by atoms with E-state index in [1.54, 1.807) is 0 Å². The van der Waals surface area contributed by atoms with Gasteiger partial charge in [0, 0.05) is 4.48 Å². The van der Waals surface area contributed by atoms with Crippen LogP contribution in [0.5, 0.6) is 0 Å². The smallest absolute Gasteiger partial charge is 0.0851 e. The van der Waals surface area contributed by atoms with Crippen LogP contribution in [0.1, 0.15) is 103 Å². The minimum Gasteiger partial charge on any atom is -0.388 e. The summed E-state index contributed by atoms with van der Waals surface area (Å²) in [5.74, 6) is 0.695. The van der Waals surface area contributed by atoms with Gasteiger partial charge in [-0.15, -0.1) is 0 Å². The van der Waals surface area contributed by atoms with Gasteiger partial charge in [-0.25, -0.2) is 0 Å². The first-order chi connectivity index (χ1) is 10.7. The molecule has 1 rings (SSSR count). The van der Waals surface area contributed by atoms with Crippen LogP contribution < -0.4 is 0 Å². The lowest BCUT2D eigenvalue weighted by Gasteiger charge is -2.20. The average molecular weight is 373 g/mol. The molecule has 1 aliphatic carbocycles. The Labute approximate surface area is 147 Å². The Balaban J connectivity index is 2.00. The van der Waals surface area contributed by atoms with Gasteiger partial charge in [0.2, 0.25) is 0 Å². The van der Waals surface area contributed by atoms with Crippen molar-refractivity contribution in [3.8, 4) is 0 Å². The Morgan fingerprint density at radius 1 is 0.955 bits per heavy atom. The summed E-state index contributed by atoms with van der Waals surface area (Å²) in [5.41, 5.74) is 0. The molecule has 22 heavy (non-hydrogen) atoms. The molecule has 0 radical (unpaired) electrons. The van der Waals surface area contributed by atoms with Crippen LogP contribution in [0.3, 0.4) is 0 Å². The number of allylic oxidation sites excluding steroid dienone is 1. The highest BCUT2D eigenvalue weighted by Gasteiger charge is 2.14. The van der Waals surface area contributed by atoms with Crippen molar-refractivity contribution < 1.29 is 5.11 Å². The molecule has 1 unspecified atom stereocenters. The molecule has 0 aromatic carbocycles. The van der Waals surface area contributed by atoms with Crippen LogP contribution in [0.4, 0.5) is 0 Å². The van der Waals surface area contributed by atoms with Crippen LogP contribution in [0.25, 0.3) is 0 Å². The molecule has 0 amide bonds. The number of hydrogen-bond donors (Lipinski definition) is 1. The molecular formula is C20H37BrO. The van der Waals surface area contributed by atoms with Crippen molar-refractivity contribution in [1.29, 1.82) is 0 Å². The maximum absolute atomic E-state index is 10.2. The summed E-state index contributed by atoms with van der Waals surface area (Å²) in [7, 11) is 0. The number of unbranched alkanes of at least 4 members (excludes halogenated alkanes) is 8. The van der Waals surface area contributed by atoms with E-state index >= 15 is 0 Å². The molecule has 0 aromatic rings. The molecule has 1 aliphatic rings. The predicted octanol–water partition coefficient (Wildman–Crippen LogP) is 7.13. The van der Waals surface area contributed by atoms with E-state index in [9.17, 15) is 5.11 Å². The quantitative estimate of drug-likeness (QED) is 0.361. The topological polar surface area (TPSA) is 20.2 Å². The van der Waals surface area contributed by atoms with Gasteiger partial charge in [0.1, 0.15) is 0 Å². The molecule has 0 heterocycles. The Kier molecular flexibility index (Phi) is 12.5. The van der Waals surface area contributed by atoms with E-state index in [-0.39, 0.29) is 6.10 Å². The molecule has 2 heteroatoms. The van der Waals surface area contributed by atoms with Gasteiger partial charge in [-0.2, -0.15) is 0 Å². The largest absolute Gasteiger partial charge is 0.388 e. The minimum atomic E-state index is -0.272. The maximum Gasteiger partial charge on any atom is 0.0851 e. The summed E-state index contributed by atoms with van der Waals surface area (Å²) in [4.78, 5) is 0. The van der Waals surface area contributed by atoms with E-state index in [0.717, 1.165) is 17.3 Å². The fraction of sp³-hybridized carbons (Fsp3) is 0.900. The summed E-state index contributed by atoms with van der Waals surface area (Å²) < 4.78 is 1.04. The zero-order valence-electron chi connectivity index (χ0n) is 14.7. The fourth-order valence-electron chi connectivity index (χ4n) is 3.42. The third-order valence-electron chi connectivity index (χ3n) is 4.94. The third kappa shape index (κ3) is 10.0. The number of rotatable bonds is 12. The molecule has 0 aromatic heterocycles. The van der Waals surface area contributed by atoms with E-state index < -0.39 is 0 Å². The number of halogens is 1. The second-order valence-electron chi connectivity index (χ2n) is 7.08. The van der Waals surface area contributed by atoms with Crippen LogP contribution >= 0.6 is 15.9 Å². The zero-order chi connectivity index (χ0) is 16.0. The summed E-state index contributed by atoms with van der Waals surface area (Å²) in [5, 5.41) is 10.2. The SMILES string of the molecule is CCCCCCCCCCCC(O)/C(Br)=C/C1CCCCC1. The normalized spacial score (nSPS) is 18.6. The predicted molar refractivity (Wildman–Crippen MR) is 101 cm³/mol. The Bertz CT molecular complexity index is 281. The van der Waals surface area contributed by atoms with Gasteiger partial charge in [-0.3, -0.25) is 0 Å². The van der Waals surface area contributed by atoms with Gasteiger partial charge in [0.05, 0.1) is 6.10 Å². The second-order valence-corrected chi connectivity index (χ2v) is 8.00. The molecule has 0 saturated heterocycles. The number of aliphatic hydroxyl groups is 1. The van der Waals surface area contributed by atoms with Crippen LogP contribution in [0.2, 0.25) is 0 Å². The highest BCUT2D eigenvalue weighted by molar-refractivity contribution is 9.11. The Morgan fingerprint density at radius 2 is 1.50 bits per heavy atom. The average Bonchev–Trinajstić information content (AvgIpc) is 2.54. The highest BCUT2D eigenvalue weighted by atomic mass is 79.9. The Morgan fingerprint density at radius 3 is 2.09 bits per heavy atom.